The summed E-state index contributed by atoms with van der Waals surface area (Å²) in [4.78, 5) is 55.4. The van der Waals surface area contributed by atoms with Gasteiger partial charge in [-0.1, -0.05) is 94.9 Å². The van der Waals surface area contributed by atoms with Crippen molar-refractivity contribution in [2.45, 2.75) is 153 Å². The van der Waals surface area contributed by atoms with Crippen molar-refractivity contribution in [1.29, 1.82) is 0 Å². The summed E-state index contributed by atoms with van der Waals surface area (Å²) in [6, 6.07) is 13.6. The second-order valence-electron chi connectivity index (χ2n) is 17.7. The number of piperidine rings is 1. The van der Waals surface area contributed by atoms with Crippen LogP contribution in [0, 0.1) is 17.2 Å². The predicted molar refractivity (Wildman–Crippen MR) is 233 cm³/mol. The lowest BCUT2D eigenvalue weighted by Crippen LogP contribution is -2.67. The van der Waals surface area contributed by atoms with Gasteiger partial charge in [0.2, 0.25) is 17.7 Å². The van der Waals surface area contributed by atoms with Crippen LogP contribution >= 0.6 is 0 Å². The number of β-lactam (4-membered cyclic amide) rings is 1. The lowest BCUT2D eigenvalue weighted by atomic mass is 9.62. The van der Waals surface area contributed by atoms with Gasteiger partial charge < -0.3 is 51.3 Å². The van der Waals surface area contributed by atoms with Crippen molar-refractivity contribution in [3.05, 3.63) is 65.5 Å². The minimum Gasteiger partial charge on any atom is -0.394 e. The standard InChI is InChI=1S/C47H70FN5O9/c48-36-20-18-35(19-21-36)44-47(25-28-52(29-26-47)46(62)49-27-24-33-12-8-7-9-13-33)45(61)53(44)37-22-16-34(17-23-37)30-50-40(57)14-10-5-3-1-2-4-6-11-15-41(58)51-31-38(55)42(59)43(60)39(56)32-54/h16-23,33,38-39,42-44,54-56,59-60H,1-15,24-32H2,(H,49,62)(H,50,57)(H,51,58)/t38-,39+,42+,43+,44?/m0/s1. The van der Waals surface area contributed by atoms with Gasteiger partial charge in [-0.05, 0) is 73.4 Å². The highest BCUT2D eigenvalue weighted by Gasteiger charge is 2.62. The Morgan fingerprint density at radius 3 is 1.89 bits per heavy atom. The van der Waals surface area contributed by atoms with E-state index in [2.05, 4.69) is 16.0 Å². The Morgan fingerprint density at radius 2 is 1.29 bits per heavy atom. The van der Waals surface area contributed by atoms with E-state index in [0.29, 0.717) is 57.8 Å². The number of carbonyl (C=O) groups is 4. The molecule has 2 heterocycles. The number of urea groups is 1. The van der Waals surface area contributed by atoms with Crippen LogP contribution in [-0.2, 0) is 20.9 Å². The lowest BCUT2D eigenvalue weighted by molar-refractivity contribution is -0.144. The molecule has 1 aliphatic carbocycles. The molecule has 62 heavy (non-hydrogen) atoms. The molecule has 2 aromatic rings. The van der Waals surface area contributed by atoms with Crippen LogP contribution in [0.5, 0.6) is 0 Å². The van der Waals surface area contributed by atoms with Crippen LogP contribution in [-0.4, -0.2) is 111 Å². The third kappa shape index (κ3) is 13.7. The van der Waals surface area contributed by atoms with E-state index in [-0.39, 0.29) is 48.6 Å². The lowest BCUT2D eigenvalue weighted by Gasteiger charge is -2.59. The number of benzene rings is 2. The van der Waals surface area contributed by atoms with Crippen molar-refractivity contribution in [3.8, 4) is 0 Å². The maximum atomic E-state index is 14.1. The molecule has 2 aromatic carbocycles. The molecule has 2 aliphatic heterocycles. The summed E-state index contributed by atoms with van der Waals surface area (Å²) in [7, 11) is 0. The second kappa shape index (κ2) is 24.6. The summed E-state index contributed by atoms with van der Waals surface area (Å²) in [6.07, 6.45) is 9.92. The van der Waals surface area contributed by atoms with Gasteiger partial charge in [0.1, 0.15) is 24.1 Å². The number of nitrogens with one attached hydrogen (secondary N) is 3. The predicted octanol–water partition coefficient (Wildman–Crippen LogP) is 4.75. The number of aliphatic hydroxyl groups is 5. The molecule has 3 fully saturated rings. The average Bonchev–Trinajstić information content (AvgIpc) is 3.29. The highest BCUT2D eigenvalue weighted by atomic mass is 19.1. The van der Waals surface area contributed by atoms with E-state index >= 15 is 0 Å². The highest BCUT2D eigenvalue weighted by Crippen LogP contribution is 2.57. The Labute approximate surface area is 365 Å². The minimum atomic E-state index is -1.73. The maximum Gasteiger partial charge on any atom is 0.317 e. The van der Waals surface area contributed by atoms with Gasteiger partial charge >= 0.3 is 6.03 Å². The number of halogens is 1. The fraction of sp³-hybridized carbons (Fsp3) is 0.660. The van der Waals surface area contributed by atoms with E-state index in [1.165, 1.54) is 44.2 Å². The molecule has 0 bridgehead atoms. The fourth-order valence-electron chi connectivity index (χ4n) is 9.29. The van der Waals surface area contributed by atoms with E-state index in [1.54, 1.807) is 17.0 Å². The topological polar surface area (TPSA) is 212 Å². The van der Waals surface area contributed by atoms with Crippen molar-refractivity contribution in [3.63, 3.8) is 0 Å². The first-order chi connectivity index (χ1) is 29.9. The molecule has 2 saturated heterocycles. The van der Waals surface area contributed by atoms with Crippen LogP contribution in [0.25, 0.3) is 0 Å². The second-order valence-corrected chi connectivity index (χ2v) is 17.7. The molecule has 1 saturated carbocycles. The maximum absolute atomic E-state index is 14.1. The molecule has 15 heteroatoms. The molecule has 8 N–H and O–H groups in total. The normalized spacial score (nSPS) is 19.6. The fourth-order valence-corrected chi connectivity index (χ4v) is 9.29. The molecule has 0 radical (unpaired) electrons. The SMILES string of the molecule is O=C(CCCCCCCCCCC(=O)NC[C@H](O)[C@@H](O)[C@H](O)[C@H](O)CO)NCc1ccc(N2C(=O)C3(CCN(C(=O)NCCC4CCCCC4)CC3)C2c2ccc(F)cc2)cc1. The van der Waals surface area contributed by atoms with E-state index in [9.17, 15) is 44.0 Å². The number of carbonyl (C=O) groups excluding carboxylic acids is 4. The molecular formula is C47H70FN5O9. The first-order valence-electron chi connectivity index (χ1n) is 23.0. The zero-order valence-electron chi connectivity index (χ0n) is 36.2. The number of anilines is 1. The third-order valence-corrected chi connectivity index (χ3v) is 13.2. The average molecular weight is 868 g/mol. The van der Waals surface area contributed by atoms with Gasteiger partial charge in [0.25, 0.3) is 0 Å². The van der Waals surface area contributed by atoms with Crippen molar-refractivity contribution in [1.82, 2.24) is 20.9 Å². The van der Waals surface area contributed by atoms with Crippen molar-refractivity contribution in [2.75, 3.05) is 37.7 Å². The molecule has 0 aromatic heterocycles. The van der Waals surface area contributed by atoms with Gasteiger partial charge in [0.05, 0.1) is 24.2 Å². The highest BCUT2D eigenvalue weighted by molar-refractivity contribution is 6.06. The van der Waals surface area contributed by atoms with Crippen LogP contribution in [0.2, 0.25) is 0 Å². The van der Waals surface area contributed by atoms with Crippen molar-refractivity contribution >= 4 is 29.4 Å². The van der Waals surface area contributed by atoms with Gasteiger partial charge in [0.15, 0.2) is 0 Å². The number of likely N-dealkylation sites (tertiary alicyclic amines) is 1. The van der Waals surface area contributed by atoms with Gasteiger partial charge in [-0.25, -0.2) is 9.18 Å². The molecule has 1 unspecified atom stereocenters. The zero-order valence-corrected chi connectivity index (χ0v) is 36.2. The minimum absolute atomic E-state index is 0.0140. The third-order valence-electron chi connectivity index (χ3n) is 13.2. The largest absolute Gasteiger partial charge is 0.394 e. The zero-order chi connectivity index (χ0) is 44.5. The number of hydrogen-bond acceptors (Lipinski definition) is 9. The Hall–Kier alpha value is -4.15. The Balaban J connectivity index is 0.959. The van der Waals surface area contributed by atoms with Crippen LogP contribution in [0.1, 0.15) is 133 Å². The molecule has 14 nitrogen and oxygen atoms in total. The molecule has 3 aliphatic rings. The quantitative estimate of drug-likeness (QED) is 0.0540. The van der Waals surface area contributed by atoms with Gasteiger partial charge in [-0.3, -0.25) is 14.4 Å². The van der Waals surface area contributed by atoms with Crippen LogP contribution in [0.3, 0.4) is 0 Å². The van der Waals surface area contributed by atoms with Crippen molar-refractivity contribution < 1.29 is 49.1 Å². The molecule has 5 atom stereocenters. The van der Waals surface area contributed by atoms with Crippen LogP contribution < -0.4 is 20.9 Å². The van der Waals surface area contributed by atoms with E-state index in [0.717, 1.165) is 68.2 Å². The Morgan fingerprint density at radius 1 is 0.726 bits per heavy atom. The molecule has 1 spiro atoms. The molecule has 5 rings (SSSR count). The summed E-state index contributed by atoms with van der Waals surface area (Å²) in [5.41, 5.74) is 1.84. The summed E-state index contributed by atoms with van der Waals surface area (Å²) >= 11 is 0. The molecule has 5 amide bonds. The summed E-state index contributed by atoms with van der Waals surface area (Å²) in [5, 5.41) is 56.2. The smallest absolute Gasteiger partial charge is 0.317 e. The van der Waals surface area contributed by atoms with Gasteiger partial charge in [-0.15, -0.1) is 0 Å². The van der Waals surface area contributed by atoms with E-state index in [4.69, 9.17) is 5.11 Å². The number of rotatable bonds is 24. The summed E-state index contributed by atoms with van der Waals surface area (Å²) in [6.45, 7) is 0.957. The van der Waals surface area contributed by atoms with Crippen molar-refractivity contribution in [2.24, 2.45) is 11.3 Å². The molecular weight excluding hydrogens is 798 g/mol. The number of aliphatic hydroxyl groups excluding tert-OH is 5. The van der Waals surface area contributed by atoms with Gasteiger partial charge in [-0.2, -0.15) is 0 Å². The number of amides is 5. The van der Waals surface area contributed by atoms with Crippen LogP contribution in [0.4, 0.5) is 14.9 Å². The first kappa shape index (κ1) is 48.9. The number of hydrogen-bond donors (Lipinski definition) is 8. The monoisotopic (exact) mass is 868 g/mol. The number of unbranched alkanes of at least 4 members (excludes halogenated alkanes) is 7. The summed E-state index contributed by atoms with van der Waals surface area (Å²) in [5.74, 6) is 0.0629. The number of nitrogens with zero attached hydrogens (tertiary/aromatic N) is 2. The van der Waals surface area contributed by atoms with Gasteiger partial charge in [0, 0.05) is 51.3 Å². The Bertz CT molecular complexity index is 1700. The molecule has 344 valence electrons. The Kier molecular flexibility index (Phi) is 19.4. The summed E-state index contributed by atoms with van der Waals surface area (Å²) < 4.78 is 14.0. The first-order valence-corrected chi connectivity index (χ1v) is 23.0. The van der Waals surface area contributed by atoms with E-state index in [1.807, 2.05) is 29.2 Å². The van der Waals surface area contributed by atoms with E-state index < -0.39 is 36.4 Å². The van der Waals surface area contributed by atoms with Crippen LogP contribution in [0.15, 0.2) is 48.5 Å².